The molecule has 164 valence electrons. The van der Waals surface area contributed by atoms with E-state index in [4.69, 9.17) is 9.47 Å². The van der Waals surface area contributed by atoms with Crippen molar-refractivity contribution in [2.45, 2.75) is 13.8 Å². The van der Waals surface area contributed by atoms with Gasteiger partial charge in [0.05, 0.1) is 34.2 Å². The van der Waals surface area contributed by atoms with E-state index >= 15 is 0 Å². The van der Waals surface area contributed by atoms with Crippen molar-refractivity contribution in [1.29, 1.82) is 0 Å². The van der Waals surface area contributed by atoms with E-state index in [1.807, 2.05) is 18.4 Å². The third-order valence-corrected chi connectivity index (χ3v) is 5.59. The predicted octanol–water partition coefficient (Wildman–Crippen LogP) is 3.66. The third-order valence-electron chi connectivity index (χ3n) is 4.81. The van der Waals surface area contributed by atoms with Gasteiger partial charge in [0, 0.05) is 10.9 Å². The number of anilines is 2. The summed E-state index contributed by atoms with van der Waals surface area (Å²) in [4.78, 5) is 43.4. The number of carbonyl (C=O) groups excluding carboxylic acids is 3. The average Bonchev–Trinajstić information content (AvgIpc) is 3.22. The number of carbonyl (C=O) groups is 3. The smallest absolute Gasteiger partial charge is 0.340 e. The Hall–Kier alpha value is -3.72. The quantitative estimate of drug-likeness (QED) is 0.575. The number of esters is 1. The number of amides is 2. The van der Waals surface area contributed by atoms with Crippen molar-refractivity contribution in [3.63, 3.8) is 0 Å². The highest BCUT2D eigenvalue weighted by Gasteiger charge is 2.28. The fourth-order valence-corrected chi connectivity index (χ4v) is 3.97. The van der Waals surface area contributed by atoms with E-state index in [9.17, 15) is 14.4 Å². The molecule has 2 heterocycles. The fourth-order valence-electron chi connectivity index (χ4n) is 3.34. The Bertz CT molecular complexity index is 1190. The second-order valence-electron chi connectivity index (χ2n) is 7.02. The number of hydrogen-bond donors (Lipinski definition) is 1. The second-order valence-corrected chi connectivity index (χ2v) is 8.08. The first-order valence-corrected chi connectivity index (χ1v) is 10.9. The number of para-hydroxylation sites is 1. The zero-order valence-electron chi connectivity index (χ0n) is 17.6. The standard InChI is InChI=1S/C23H21N3O5S/c1-3-30-23(29)16-6-4-5-7-17(16)25-21(27)11-26-19-10-15(18-13-32-14(2)24-18)8-9-20(19)31-12-22(26)28/h4-10,13H,3,11-12H2,1-2H3,(H,25,27). The van der Waals surface area contributed by atoms with Gasteiger partial charge in [-0.15, -0.1) is 11.3 Å². The highest BCUT2D eigenvalue weighted by atomic mass is 32.1. The molecule has 1 aliphatic heterocycles. The first-order valence-electron chi connectivity index (χ1n) is 10.0. The van der Waals surface area contributed by atoms with Crippen LogP contribution >= 0.6 is 11.3 Å². The molecule has 0 aliphatic carbocycles. The number of fused-ring (bicyclic) bond motifs is 1. The van der Waals surface area contributed by atoms with Crippen LogP contribution in [0.2, 0.25) is 0 Å². The molecule has 0 atom stereocenters. The van der Waals surface area contributed by atoms with Crippen molar-refractivity contribution in [2.24, 2.45) is 0 Å². The minimum absolute atomic E-state index is 0.158. The Morgan fingerprint density at radius 3 is 2.81 bits per heavy atom. The molecule has 9 heteroatoms. The Kier molecular flexibility index (Phi) is 6.18. The molecule has 0 spiro atoms. The molecule has 1 aliphatic rings. The van der Waals surface area contributed by atoms with E-state index in [0.29, 0.717) is 17.1 Å². The number of hydrogen-bond acceptors (Lipinski definition) is 7. The zero-order valence-corrected chi connectivity index (χ0v) is 18.4. The van der Waals surface area contributed by atoms with Gasteiger partial charge in [-0.05, 0) is 44.2 Å². The molecule has 1 N–H and O–H groups in total. The maximum atomic E-state index is 12.8. The summed E-state index contributed by atoms with van der Waals surface area (Å²) in [6.07, 6.45) is 0. The van der Waals surface area contributed by atoms with E-state index in [-0.39, 0.29) is 31.2 Å². The van der Waals surface area contributed by atoms with Crippen molar-refractivity contribution >= 4 is 40.5 Å². The molecular formula is C23H21N3O5S. The molecule has 32 heavy (non-hydrogen) atoms. The van der Waals surface area contributed by atoms with Gasteiger partial charge in [0.2, 0.25) is 5.91 Å². The lowest BCUT2D eigenvalue weighted by molar-refractivity contribution is -0.123. The van der Waals surface area contributed by atoms with Crippen LogP contribution < -0.4 is 15.0 Å². The zero-order chi connectivity index (χ0) is 22.7. The summed E-state index contributed by atoms with van der Waals surface area (Å²) < 4.78 is 10.6. The van der Waals surface area contributed by atoms with E-state index in [1.165, 1.54) is 16.2 Å². The summed E-state index contributed by atoms with van der Waals surface area (Å²) in [5.74, 6) is -0.796. The van der Waals surface area contributed by atoms with Gasteiger partial charge in [0.25, 0.3) is 5.91 Å². The van der Waals surface area contributed by atoms with E-state index in [2.05, 4.69) is 10.3 Å². The molecule has 1 aromatic heterocycles. The van der Waals surface area contributed by atoms with Crippen LogP contribution in [-0.2, 0) is 14.3 Å². The van der Waals surface area contributed by atoms with Gasteiger partial charge in [-0.2, -0.15) is 0 Å². The number of nitrogens with one attached hydrogen (secondary N) is 1. The molecule has 3 aromatic rings. The molecular weight excluding hydrogens is 430 g/mol. The average molecular weight is 452 g/mol. The van der Waals surface area contributed by atoms with Gasteiger partial charge in [-0.3, -0.25) is 14.5 Å². The van der Waals surface area contributed by atoms with Crippen molar-refractivity contribution in [3.05, 3.63) is 58.4 Å². The maximum Gasteiger partial charge on any atom is 0.340 e. The molecule has 0 saturated carbocycles. The Morgan fingerprint density at radius 2 is 2.06 bits per heavy atom. The van der Waals surface area contributed by atoms with Crippen LogP contribution in [0.15, 0.2) is 47.8 Å². The summed E-state index contributed by atoms with van der Waals surface area (Å²) in [7, 11) is 0. The van der Waals surface area contributed by atoms with Crippen LogP contribution in [0.5, 0.6) is 5.75 Å². The van der Waals surface area contributed by atoms with Crippen molar-refractivity contribution in [3.8, 4) is 17.0 Å². The lowest BCUT2D eigenvalue weighted by Crippen LogP contribution is -2.43. The van der Waals surface area contributed by atoms with Crippen LogP contribution in [-0.4, -0.2) is 42.5 Å². The lowest BCUT2D eigenvalue weighted by Gasteiger charge is -2.29. The molecule has 8 nitrogen and oxygen atoms in total. The number of rotatable bonds is 6. The summed E-state index contributed by atoms with van der Waals surface area (Å²) in [6, 6.07) is 12.0. The molecule has 0 bridgehead atoms. The normalized spacial score (nSPS) is 12.7. The Morgan fingerprint density at radius 1 is 1.25 bits per heavy atom. The molecule has 0 saturated heterocycles. The SMILES string of the molecule is CCOC(=O)c1ccccc1NC(=O)CN1C(=O)COc2ccc(-c3csc(C)n3)cc21. The van der Waals surface area contributed by atoms with Gasteiger partial charge in [-0.25, -0.2) is 9.78 Å². The molecule has 4 rings (SSSR count). The van der Waals surface area contributed by atoms with E-state index < -0.39 is 11.9 Å². The largest absolute Gasteiger partial charge is 0.482 e. The number of nitrogens with zero attached hydrogens (tertiary/aromatic N) is 2. The Labute approximate surface area is 188 Å². The van der Waals surface area contributed by atoms with Crippen molar-refractivity contribution < 1.29 is 23.9 Å². The van der Waals surface area contributed by atoms with Crippen LogP contribution in [0, 0.1) is 6.92 Å². The molecule has 2 amide bonds. The minimum atomic E-state index is -0.528. The van der Waals surface area contributed by atoms with Gasteiger partial charge in [0.15, 0.2) is 6.61 Å². The first-order chi connectivity index (χ1) is 15.5. The number of ether oxygens (including phenoxy) is 2. The van der Waals surface area contributed by atoms with E-state index in [1.54, 1.807) is 43.3 Å². The number of thiazole rings is 1. The minimum Gasteiger partial charge on any atom is -0.482 e. The molecule has 0 fully saturated rings. The molecule has 0 unspecified atom stereocenters. The molecule has 0 radical (unpaired) electrons. The lowest BCUT2D eigenvalue weighted by atomic mass is 10.1. The van der Waals surface area contributed by atoms with Crippen molar-refractivity contribution in [2.75, 3.05) is 30.0 Å². The van der Waals surface area contributed by atoms with Gasteiger partial charge in [-0.1, -0.05) is 12.1 Å². The fraction of sp³-hybridized carbons (Fsp3) is 0.217. The summed E-state index contributed by atoms with van der Waals surface area (Å²) in [6.45, 7) is 3.47. The van der Waals surface area contributed by atoms with Crippen LogP contribution in [0.25, 0.3) is 11.3 Å². The Balaban J connectivity index is 1.57. The number of benzene rings is 2. The van der Waals surface area contributed by atoms with Gasteiger partial charge >= 0.3 is 5.97 Å². The van der Waals surface area contributed by atoms with Crippen LogP contribution in [0.4, 0.5) is 11.4 Å². The van der Waals surface area contributed by atoms with Crippen LogP contribution in [0.3, 0.4) is 0 Å². The predicted molar refractivity (Wildman–Crippen MR) is 121 cm³/mol. The van der Waals surface area contributed by atoms with Gasteiger partial charge in [0.1, 0.15) is 12.3 Å². The number of aromatic nitrogens is 1. The summed E-state index contributed by atoms with van der Waals surface area (Å²) in [5, 5.41) is 5.58. The highest BCUT2D eigenvalue weighted by molar-refractivity contribution is 7.09. The number of aryl methyl sites for hydroxylation is 1. The summed E-state index contributed by atoms with van der Waals surface area (Å²) >= 11 is 1.53. The topological polar surface area (TPSA) is 97.8 Å². The van der Waals surface area contributed by atoms with Crippen LogP contribution in [0.1, 0.15) is 22.3 Å². The maximum absolute atomic E-state index is 12.8. The highest BCUT2D eigenvalue weighted by Crippen LogP contribution is 2.36. The monoisotopic (exact) mass is 451 g/mol. The van der Waals surface area contributed by atoms with Gasteiger partial charge < -0.3 is 14.8 Å². The van der Waals surface area contributed by atoms with E-state index in [0.717, 1.165) is 16.3 Å². The second kappa shape index (κ2) is 9.19. The summed E-state index contributed by atoms with van der Waals surface area (Å²) in [5.41, 5.74) is 2.69. The van der Waals surface area contributed by atoms with Crippen molar-refractivity contribution in [1.82, 2.24) is 4.98 Å². The molecule has 2 aromatic carbocycles. The first kappa shape index (κ1) is 21.5. The third kappa shape index (κ3) is 4.47.